The van der Waals surface area contributed by atoms with E-state index < -0.39 is 42.0 Å². The van der Waals surface area contributed by atoms with Crippen molar-refractivity contribution in [3.05, 3.63) is 34.9 Å². The smallest absolute Gasteiger partial charge is 0.351 e. The van der Waals surface area contributed by atoms with Gasteiger partial charge in [0.1, 0.15) is 5.82 Å². The topological polar surface area (TPSA) is 216 Å². The second-order valence-electron chi connectivity index (χ2n) is 6.87. The third-order valence-electron chi connectivity index (χ3n) is 4.49. The molecule has 13 heteroatoms. The number of anilines is 1. The lowest BCUT2D eigenvalue weighted by Gasteiger charge is -2.31. The molecule has 2 heterocycles. The zero-order valence-corrected chi connectivity index (χ0v) is 16.4. The fourth-order valence-electron chi connectivity index (χ4n) is 2.77. The van der Waals surface area contributed by atoms with Crippen LogP contribution in [-0.2, 0) is 14.3 Å². The predicted molar refractivity (Wildman–Crippen MR) is 107 cm³/mol. The van der Waals surface area contributed by atoms with Crippen molar-refractivity contribution in [2.75, 3.05) is 19.3 Å². The number of nitrogens with two attached hydrogens (primary N) is 3. The van der Waals surface area contributed by atoms with Crippen LogP contribution in [0.4, 0.5) is 5.82 Å². The van der Waals surface area contributed by atoms with Crippen molar-refractivity contribution in [1.29, 1.82) is 5.41 Å². The first kappa shape index (κ1) is 22.8. The van der Waals surface area contributed by atoms with Gasteiger partial charge in [0.25, 0.3) is 0 Å². The maximum Gasteiger partial charge on any atom is 0.351 e. The van der Waals surface area contributed by atoms with Crippen LogP contribution in [0.2, 0.25) is 0 Å². The highest BCUT2D eigenvalue weighted by Gasteiger charge is 2.35. The Balaban J connectivity index is 2.01. The largest absolute Gasteiger partial charge is 0.479 e. The van der Waals surface area contributed by atoms with Crippen molar-refractivity contribution in [3.63, 3.8) is 0 Å². The summed E-state index contributed by atoms with van der Waals surface area (Å²) in [5.41, 5.74) is 16.0. The molecule has 13 nitrogen and oxygen atoms in total. The Kier molecular flexibility index (Phi) is 7.49. The first-order valence-corrected chi connectivity index (χ1v) is 9.10. The Hall–Kier alpha value is -3.45. The predicted octanol–water partition coefficient (Wildman–Crippen LogP) is -2.22. The van der Waals surface area contributed by atoms with Gasteiger partial charge in [-0.05, 0) is 18.6 Å². The van der Waals surface area contributed by atoms with E-state index in [1.165, 1.54) is 29.3 Å². The van der Waals surface area contributed by atoms with Gasteiger partial charge in [-0.2, -0.15) is 4.98 Å². The van der Waals surface area contributed by atoms with E-state index in [0.29, 0.717) is 13.0 Å². The molecule has 164 valence electrons. The third kappa shape index (κ3) is 6.02. The molecule has 0 saturated heterocycles. The average molecular weight is 422 g/mol. The van der Waals surface area contributed by atoms with Crippen molar-refractivity contribution in [3.8, 4) is 0 Å². The van der Waals surface area contributed by atoms with Gasteiger partial charge in [-0.3, -0.25) is 14.8 Å². The number of ether oxygens (including phenoxy) is 1. The van der Waals surface area contributed by atoms with Crippen molar-refractivity contribution in [1.82, 2.24) is 19.8 Å². The van der Waals surface area contributed by atoms with Crippen LogP contribution in [-0.4, -0.2) is 69.2 Å². The Morgan fingerprint density at radius 1 is 1.47 bits per heavy atom. The number of nitrogen functional groups attached to an aromatic ring is 1. The zero-order chi connectivity index (χ0) is 22.4. The average Bonchev–Trinajstić information content (AvgIpc) is 2.66. The molecule has 0 fully saturated rings. The number of nitrogens with one attached hydrogen (secondary N) is 2. The third-order valence-corrected chi connectivity index (χ3v) is 4.49. The lowest BCUT2D eigenvalue weighted by Crippen LogP contribution is -2.51. The SMILES string of the molecule is CN(CC[C@H](N)CC(=O)NC1C=C[C@H](n2ccc(N)nc2=O)O[C@@H]1C(=O)O)C(=N)N. The molecule has 0 aliphatic carbocycles. The second kappa shape index (κ2) is 9.84. The van der Waals surface area contributed by atoms with Crippen LogP contribution in [0.5, 0.6) is 0 Å². The summed E-state index contributed by atoms with van der Waals surface area (Å²) in [6, 6.07) is -0.0702. The Morgan fingerprint density at radius 2 is 2.17 bits per heavy atom. The molecule has 4 atom stereocenters. The molecular weight excluding hydrogens is 396 g/mol. The van der Waals surface area contributed by atoms with Gasteiger partial charge in [-0.25, -0.2) is 9.59 Å². The van der Waals surface area contributed by atoms with E-state index in [0.717, 1.165) is 4.57 Å². The number of aromatic nitrogens is 2. The summed E-state index contributed by atoms with van der Waals surface area (Å²) in [7, 11) is 1.63. The lowest BCUT2D eigenvalue weighted by molar-refractivity contribution is -0.159. The summed E-state index contributed by atoms with van der Waals surface area (Å²) < 4.78 is 6.57. The molecule has 0 saturated carbocycles. The van der Waals surface area contributed by atoms with Gasteiger partial charge in [0.2, 0.25) is 5.91 Å². The summed E-state index contributed by atoms with van der Waals surface area (Å²) in [6.07, 6.45) is 2.17. The van der Waals surface area contributed by atoms with Crippen LogP contribution < -0.4 is 28.2 Å². The van der Waals surface area contributed by atoms with Gasteiger partial charge in [-0.15, -0.1) is 0 Å². The Bertz CT molecular complexity index is 885. The molecule has 1 aliphatic heterocycles. The molecule has 1 aromatic heterocycles. The van der Waals surface area contributed by atoms with Crippen molar-refractivity contribution >= 4 is 23.7 Å². The van der Waals surface area contributed by atoms with Gasteiger partial charge in [0.15, 0.2) is 18.3 Å². The quantitative estimate of drug-likeness (QED) is 0.151. The van der Waals surface area contributed by atoms with Crippen LogP contribution in [0, 0.1) is 5.41 Å². The molecule has 1 amide bonds. The van der Waals surface area contributed by atoms with E-state index in [2.05, 4.69) is 10.3 Å². The zero-order valence-electron chi connectivity index (χ0n) is 16.4. The fourth-order valence-corrected chi connectivity index (χ4v) is 2.77. The number of guanidine groups is 1. The summed E-state index contributed by atoms with van der Waals surface area (Å²) in [4.78, 5) is 40.9. The minimum absolute atomic E-state index is 0.0294. The minimum Gasteiger partial charge on any atom is -0.479 e. The highest BCUT2D eigenvalue weighted by molar-refractivity contribution is 5.80. The van der Waals surface area contributed by atoms with Gasteiger partial charge >= 0.3 is 11.7 Å². The second-order valence-corrected chi connectivity index (χ2v) is 6.87. The molecule has 1 aromatic rings. The molecular formula is C17H26N8O5. The number of nitrogens with zero attached hydrogens (tertiary/aromatic N) is 3. The number of hydrogen-bond acceptors (Lipinski definition) is 8. The number of rotatable bonds is 8. The highest BCUT2D eigenvalue weighted by atomic mass is 16.5. The molecule has 0 aromatic carbocycles. The van der Waals surface area contributed by atoms with Gasteiger partial charge < -0.3 is 37.3 Å². The maximum atomic E-state index is 12.3. The van der Waals surface area contributed by atoms with E-state index >= 15 is 0 Å². The number of carbonyl (C=O) groups excluding carboxylic acids is 1. The lowest BCUT2D eigenvalue weighted by atomic mass is 10.1. The number of hydrogen-bond donors (Lipinski definition) is 6. The van der Waals surface area contributed by atoms with E-state index in [4.69, 9.17) is 27.3 Å². The van der Waals surface area contributed by atoms with E-state index in [1.54, 1.807) is 7.05 Å². The Labute approximate surface area is 172 Å². The molecule has 0 spiro atoms. The monoisotopic (exact) mass is 422 g/mol. The molecule has 1 aliphatic rings. The molecule has 30 heavy (non-hydrogen) atoms. The molecule has 2 rings (SSSR count). The van der Waals surface area contributed by atoms with Crippen molar-refractivity contribution in [2.45, 2.75) is 37.3 Å². The molecule has 0 radical (unpaired) electrons. The number of amides is 1. The first-order chi connectivity index (χ1) is 14.1. The fraction of sp³-hybridized carbons (Fsp3) is 0.471. The van der Waals surface area contributed by atoms with Crippen LogP contribution >= 0.6 is 0 Å². The number of aliphatic carboxylic acids is 1. The minimum atomic E-state index is -1.42. The van der Waals surface area contributed by atoms with Crippen LogP contribution in [0.15, 0.2) is 29.2 Å². The summed E-state index contributed by atoms with van der Waals surface area (Å²) >= 11 is 0. The molecule has 9 N–H and O–H groups in total. The summed E-state index contributed by atoms with van der Waals surface area (Å²) in [5.74, 6) is -1.84. The van der Waals surface area contributed by atoms with E-state index in [9.17, 15) is 19.5 Å². The number of carboxylic acid groups (broad SMARTS) is 1. The van der Waals surface area contributed by atoms with Crippen LogP contribution in [0.3, 0.4) is 0 Å². The van der Waals surface area contributed by atoms with E-state index in [-0.39, 0.29) is 18.2 Å². The van der Waals surface area contributed by atoms with Crippen molar-refractivity contribution < 1.29 is 19.4 Å². The number of carbonyl (C=O) groups is 2. The normalized spacial score (nSPS) is 21.6. The van der Waals surface area contributed by atoms with Crippen LogP contribution in [0.25, 0.3) is 0 Å². The summed E-state index contributed by atoms with van der Waals surface area (Å²) in [5, 5.41) is 19.4. The van der Waals surface area contributed by atoms with Gasteiger partial charge in [0, 0.05) is 32.3 Å². The molecule has 1 unspecified atom stereocenters. The van der Waals surface area contributed by atoms with E-state index in [1.807, 2.05) is 0 Å². The maximum absolute atomic E-state index is 12.3. The first-order valence-electron chi connectivity index (χ1n) is 9.10. The van der Waals surface area contributed by atoms with Gasteiger partial charge in [-0.1, -0.05) is 6.08 Å². The standard InChI is InChI=1S/C17H26N8O5/c1-24(16(20)21)6-4-9(18)8-12(26)22-10-2-3-13(30-14(10)15(27)28)25-7-5-11(19)23-17(25)29/h2-3,5,7,9-10,13-14H,4,6,8,18H2,1H3,(H3,20,21)(H,22,26)(H,27,28)(H2,19,23,29)/t9-,10?,13+,14-/m0/s1. The highest BCUT2D eigenvalue weighted by Crippen LogP contribution is 2.20. The molecule has 0 bridgehead atoms. The van der Waals surface area contributed by atoms with Crippen molar-refractivity contribution in [2.24, 2.45) is 11.5 Å². The van der Waals surface area contributed by atoms with Crippen LogP contribution in [0.1, 0.15) is 19.1 Å². The van der Waals surface area contributed by atoms with Gasteiger partial charge in [0.05, 0.1) is 6.04 Å². The summed E-state index contributed by atoms with van der Waals surface area (Å²) in [6.45, 7) is 0.403. The number of carboxylic acids is 1. The Morgan fingerprint density at radius 3 is 2.77 bits per heavy atom.